The molecule has 4 nitrogen and oxygen atoms in total. The number of hydrogen-bond donors (Lipinski definition) is 2. The van der Waals surface area contributed by atoms with Gasteiger partial charge >= 0.3 is 6.18 Å². The fraction of sp³-hybridized carbons (Fsp3) is 0.923. The minimum Gasteiger partial charge on any atom is -0.381 e. The highest BCUT2D eigenvalue weighted by Crippen LogP contribution is 2.43. The van der Waals surface area contributed by atoms with Gasteiger partial charge in [-0.3, -0.25) is 4.79 Å². The Morgan fingerprint density at radius 3 is 2.55 bits per heavy atom. The minimum absolute atomic E-state index is 0.187. The van der Waals surface area contributed by atoms with Gasteiger partial charge in [0, 0.05) is 25.8 Å². The predicted octanol–water partition coefficient (Wildman–Crippen LogP) is 1.46. The first kappa shape index (κ1) is 15.6. The van der Waals surface area contributed by atoms with Crippen molar-refractivity contribution >= 4 is 5.91 Å². The lowest BCUT2D eigenvalue weighted by Crippen LogP contribution is -2.55. The van der Waals surface area contributed by atoms with Gasteiger partial charge in [0.2, 0.25) is 5.91 Å². The SMILES string of the molecule is CC(NC(=O)C1(C(F)(F)F)CCNC1)C1CCOCC1. The van der Waals surface area contributed by atoms with Crippen molar-refractivity contribution in [1.29, 1.82) is 0 Å². The number of ether oxygens (including phenoxy) is 1. The molecule has 116 valence electrons. The number of hydrogen-bond acceptors (Lipinski definition) is 3. The van der Waals surface area contributed by atoms with Crippen LogP contribution < -0.4 is 10.6 Å². The molecule has 0 aliphatic carbocycles. The van der Waals surface area contributed by atoms with Crippen LogP contribution in [-0.4, -0.2) is 44.4 Å². The normalized spacial score (nSPS) is 30.2. The Morgan fingerprint density at radius 1 is 1.40 bits per heavy atom. The van der Waals surface area contributed by atoms with E-state index in [9.17, 15) is 18.0 Å². The van der Waals surface area contributed by atoms with Gasteiger partial charge in [-0.1, -0.05) is 0 Å². The molecule has 0 aromatic heterocycles. The average Bonchev–Trinajstić information content (AvgIpc) is 2.90. The summed E-state index contributed by atoms with van der Waals surface area (Å²) in [6, 6.07) is -0.258. The minimum atomic E-state index is -4.52. The van der Waals surface area contributed by atoms with Crippen molar-refractivity contribution < 1.29 is 22.7 Å². The Hall–Kier alpha value is -0.820. The molecule has 0 bridgehead atoms. The van der Waals surface area contributed by atoms with Crippen molar-refractivity contribution in [3.05, 3.63) is 0 Å². The number of carbonyl (C=O) groups is 1. The van der Waals surface area contributed by atoms with Crippen LogP contribution in [0.3, 0.4) is 0 Å². The van der Waals surface area contributed by atoms with E-state index < -0.39 is 17.5 Å². The van der Waals surface area contributed by atoms with Crippen LogP contribution in [-0.2, 0) is 9.53 Å². The summed E-state index contributed by atoms with van der Waals surface area (Å²) in [5.41, 5.74) is -2.27. The number of rotatable bonds is 3. The lowest BCUT2D eigenvalue weighted by molar-refractivity contribution is -0.216. The van der Waals surface area contributed by atoms with E-state index in [1.165, 1.54) is 0 Å². The molecule has 0 aromatic carbocycles. The Morgan fingerprint density at radius 2 is 2.05 bits per heavy atom. The van der Waals surface area contributed by atoms with Gasteiger partial charge in [-0.15, -0.1) is 0 Å². The zero-order valence-electron chi connectivity index (χ0n) is 11.6. The van der Waals surface area contributed by atoms with Crippen LogP contribution in [0.5, 0.6) is 0 Å². The fourth-order valence-electron chi connectivity index (χ4n) is 2.94. The van der Waals surface area contributed by atoms with Gasteiger partial charge in [-0.2, -0.15) is 13.2 Å². The van der Waals surface area contributed by atoms with Crippen molar-refractivity contribution in [3.63, 3.8) is 0 Å². The summed E-state index contributed by atoms with van der Waals surface area (Å²) in [4.78, 5) is 12.2. The van der Waals surface area contributed by atoms with Crippen LogP contribution in [0.25, 0.3) is 0 Å². The highest BCUT2D eigenvalue weighted by Gasteiger charge is 2.61. The molecule has 2 rings (SSSR count). The first-order valence-electron chi connectivity index (χ1n) is 7.03. The second-order valence-corrected chi connectivity index (χ2v) is 5.72. The zero-order chi connectivity index (χ0) is 14.8. The molecule has 7 heteroatoms. The van der Waals surface area contributed by atoms with Gasteiger partial charge in [0.05, 0.1) is 0 Å². The summed E-state index contributed by atoms with van der Waals surface area (Å²) < 4.78 is 44.9. The number of amides is 1. The van der Waals surface area contributed by atoms with Gasteiger partial charge in [0.15, 0.2) is 5.41 Å². The summed E-state index contributed by atoms with van der Waals surface area (Å²) >= 11 is 0. The number of halogens is 3. The Kier molecular flexibility index (Phi) is 4.59. The van der Waals surface area contributed by atoms with Crippen molar-refractivity contribution in [2.45, 2.75) is 38.4 Å². The maximum Gasteiger partial charge on any atom is 0.404 e. The molecule has 2 atom stereocenters. The molecule has 0 spiro atoms. The van der Waals surface area contributed by atoms with Crippen LogP contribution >= 0.6 is 0 Å². The maximum absolute atomic E-state index is 13.2. The summed E-state index contributed by atoms with van der Waals surface area (Å²) in [5, 5.41) is 5.24. The average molecular weight is 294 g/mol. The van der Waals surface area contributed by atoms with E-state index in [1.54, 1.807) is 6.92 Å². The van der Waals surface area contributed by atoms with E-state index in [-0.39, 0.29) is 31.5 Å². The second kappa shape index (κ2) is 5.89. The molecule has 0 aromatic rings. The Balaban J connectivity index is 2.02. The zero-order valence-corrected chi connectivity index (χ0v) is 11.6. The third-order valence-electron chi connectivity index (χ3n) is 4.46. The molecular formula is C13H21F3N2O2. The standard InChI is InChI=1S/C13H21F3N2O2/c1-9(10-2-6-20-7-3-10)18-11(19)12(13(14,15)16)4-5-17-8-12/h9-10,17H,2-8H2,1H3,(H,18,19). The third-order valence-corrected chi connectivity index (χ3v) is 4.46. The van der Waals surface area contributed by atoms with E-state index in [4.69, 9.17) is 4.74 Å². The van der Waals surface area contributed by atoms with Crippen LogP contribution in [0.4, 0.5) is 13.2 Å². The van der Waals surface area contributed by atoms with E-state index in [1.807, 2.05) is 0 Å². The van der Waals surface area contributed by atoms with Gasteiger partial charge < -0.3 is 15.4 Å². The van der Waals surface area contributed by atoms with E-state index in [0.29, 0.717) is 13.2 Å². The lowest BCUT2D eigenvalue weighted by Gasteiger charge is -2.34. The maximum atomic E-state index is 13.2. The molecule has 0 saturated carbocycles. The molecule has 2 saturated heterocycles. The molecule has 2 N–H and O–H groups in total. The molecule has 20 heavy (non-hydrogen) atoms. The predicted molar refractivity (Wildman–Crippen MR) is 67.1 cm³/mol. The third kappa shape index (κ3) is 2.93. The number of alkyl halides is 3. The Labute approximate surface area is 116 Å². The number of carbonyl (C=O) groups excluding carboxylic acids is 1. The molecular weight excluding hydrogens is 273 g/mol. The molecule has 2 aliphatic heterocycles. The van der Waals surface area contributed by atoms with Crippen LogP contribution in [0.2, 0.25) is 0 Å². The van der Waals surface area contributed by atoms with Crippen LogP contribution in [0.15, 0.2) is 0 Å². The summed E-state index contributed by atoms with van der Waals surface area (Å²) in [5.74, 6) is -0.707. The van der Waals surface area contributed by atoms with Crippen molar-refractivity contribution in [2.75, 3.05) is 26.3 Å². The lowest BCUT2D eigenvalue weighted by atomic mass is 9.84. The van der Waals surface area contributed by atoms with Crippen molar-refractivity contribution in [3.8, 4) is 0 Å². The first-order valence-corrected chi connectivity index (χ1v) is 7.03. The van der Waals surface area contributed by atoms with Gasteiger partial charge in [0.1, 0.15) is 0 Å². The summed E-state index contributed by atoms with van der Waals surface area (Å²) in [7, 11) is 0. The first-order chi connectivity index (χ1) is 9.37. The highest BCUT2D eigenvalue weighted by molar-refractivity contribution is 5.84. The topological polar surface area (TPSA) is 50.4 Å². The quantitative estimate of drug-likeness (QED) is 0.828. The van der Waals surface area contributed by atoms with Crippen molar-refractivity contribution in [1.82, 2.24) is 10.6 Å². The largest absolute Gasteiger partial charge is 0.404 e. The molecule has 2 heterocycles. The summed E-state index contributed by atoms with van der Waals surface area (Å²) in [6.07, 6.45) is -3.16. The van der Waals surface area contributed by atoms with Gasteiger partial charge in [-0.05, 0) is 38.6 Å². The van der Waals surface area contributed by atoms with E-state index in [2.05, 4.69) is 10.6 Å². The van der Waals surface area contributed by atoms with E-state index >= 15 is 0 Å². The van der Waals surface area contributed by atoms with Crippen LogP contribution in [0.1, 0.15) is 26.2 Å². The van der Waals surface area contributed by atoms with Gasteiger partial charge in [-0.25, -0.2) is 0 Å². The van der Waals surface area contributed by atoms with Gasteiger partial charge in [0.25, 0.3) is 0 Å². The monoisotopic (exact) mass is 294 g/mol. The van der Waals surface area contributed by atoms with Crippen LogP contribution in [0, 0.1) is 11.3 Å². The summed E-state index contributed by atoms with van der Waals surface area (Å²) in [6.45, 7) is 2.88. The molecule has 0 radical (unpaired) electrons. The molecule has 2 unspecified atom stereocenters. The molecule has 1 amide bonds. The molecule has 2 fully saturated rings. The Bertz CT molecular complexity index is 348. The number of nitrogens with one attached hydrogen (secondary N) is 2. The van der Waals surface area contributed by atoms with Crippen molar-refractivity contribution in [2.24, 2.45) is 11.3 Å². The smallest absolute Gasteiger partial charge is 0.381 e. The highest BCUT2D eigenvalue weighted by atomic mass is 19.4. The molecule has 2 aliphatic rings. The van der Waals surface area contributed by atoms with E-state index in [0.717, 1.165) is 12.8 Å². The fourth-order valence-corrected chi connectivity index (χ4v) is 2.94. The second-order valence-electron chi connectivity index (χ2n) is 5.72.